The molecule has 1 aliphatic carbocycles. The topological polar surface area (TPSA) is 46.2 Å². The lowest BCUT2D eigenvalue weighted by atomic mass is 9.62. The monoisotopic (exact) mass is 185 g/mol. The molecule has 2 nitrogen and oxygen atoms in total. The molecule has 3 N–H and O–H groups in total. The highest BCUT2D eigenvalue weighted by molar-refractivity contribution is 4.90. The van der Waals surface area contributed by atoms with E-state index < -0.39 is 0 Å². The van der Waals surface area contributed by atoms with Gasteiger partial charge in [-0.15, -0.1) is 0 Å². The van der Waals surface area contributed by atoms with Gasteiger partial charge >= 0.3 is 0 Å². The Bertz CT molecular complexity index is 163. The van der Waals surface area contributed by atoms with Crippen LogP contribution in [0.15, 0.2) is 0 Å². The van der Waals surface area contributed by atoms with E-state index in [1.807, 2.05) is 0 Å². The first-order valence-electron chi connectivity index (χ1n) is 5.35. The predicted molar refractivity (Wildman–Crippen MR) is 55.4 cm³/mol. The zero-order valence-corrected chi connectivity index (χ0v) is 8.97. The third-order valence-electron chi connectivity index (χ3n) is 3.49. The Morgan fingerprint density at radius 3 is 2.46 bits per heavy atom. The molecule has 1 saturated carbocycles. The number of nitrogens with two attached hydrogens (primary N) is 1. The maximum absolute atomic E-state index is 9.03. The third-order valence-corrected chi connectivity index (χ3v) is 3.49. The molecule has 0 amide bonds. The fourth-order valence-electron chi connectivity index (χ4n) is 2.86. The Kier molecular flexibility index (Phi) is 3.36. The van der Waals surface area contributed by atoms with E-state index in [2.05, 4.69) is 13.8 Å². The van der Waals surface area contributed by atoms with E-state index >= 15 is 0 Å². The van der Waals surface area contributed by atoms with Crippen molar-refractivity contribution in [3.63, 3.8) is 0 Å². The van der Waals surface area contributed by atoms with Gasteiger partial charge in [0.25, 0.3) is 0 Å². The molecule has 0 saturated heterocycles. The molecule has 0 aromatic carbocycles. The minimum Gasteiger partial charge on any atom is -0.396 e. The second-order valence-corrected chi connectivity index (χ2v) is 5.37. The number of hydrogen-bond acceptors (Lipinski definition) is 2. The van der Waals surface area contributed by atoms with Crippen LogP contribution in [0.25, 0.3) is 0 Å². The van der Waals surface area contributed by atoms with Crippen molar-refractivity contribution in [2.75, 3.05) is 13.2 Å². The van der Waals surface area contributed by atoms with Crippen molar-refractivity contribution >= 4 is 0 Å². The van der Waals surface area contributed by atoms with Gasteiger partial charge in [-0.1, -0.05) is 20.3 Å². The molecule has 0 aromatic heterocycles. The lowest BCUT2D eigenvalue weighted by Crippen LogP contribution is -2.39. The summed E-state index contributed by atoms with van der Waals surface area (Å²) in [5, 5.41) is 9.03. The van der Waals surface area contributed by atoms with Crippen molar-refractivity contribution in [3.05, 3.63) is 0 Å². The Balaban J connectivity index is 2.64. The van der Waals surface area contributed by atoms with E-state index in [0.29, 0.717) is 5.41 Å². The lowest BCUT2D eigenvalue weighted by molar-refractivity contribution is 0.0635. The standard InChI is InChI=1S/C11H23NO/c1-10(2)4-3-5-11(8-10,9-12)6-7-13/h13H,3-9,12H2,1-2H3. The lowest BCUT2D eigenvalue weighted by Gasteiger charge is -2.44. The van der Waals surface area contributed by atoms with Gasteiger partial charge in [-0.2, -0.15) is 0 Å². The predicted octanol–water partition coefficient (Wildman–Crippen LogP) is 1.91. The van der Waals surface area contributed by atoms with Crippen LogP contribution in [0.5, 0.6) is 0 Å². The molecule has 0 heterocycles. The van der Waals surface area contributed by atoms with Gasteiger partial charge in [-0.3, -0.25) is 0 Å². The summed E-state index contributed by atoms with van der Waals surface area (Å²) in [5.41, 5.74) is 6.49. The Morgan fingerprint density at radius 1 is 1.31 bits per heavy atom. The fourth-order valence-corrected chi connectivity index (χ4v) is 2.86. The number of aliphatic hydroxyl groups excluding tert-OH is 1. The molecule has 1 atom stereocenters. The molecule has 1 rings (SSSR count). The highest BCUT2D eigenvalue weighted by Crippen LogP contribution is 2.47. The van der Waals surface area contributed by atoms with Crippen LogP contribution < -0.4 is 5.73 Å². The average molecular weight is 185 g/mol. The van der Waals surface area contributed by atoms with Crippen LogP contribution in [0.1, 0.15) is 46.0 Å². The van der Waals surface area contributed by atoms with Crippen LogP contribution in [-0.2, 0) is 0 Å². The van der Waals surface area contributed by atoms with Crippen molar-refractivity contribution in [2.45, 2.75) is 46.0 Å². The number of rotatable bonds is 3. The summed E-state index contributed by atoms with van der Waals surface area (Å²) in [5.74, 6) is 0. The molecule has 78 valence electrons. The van der Waals surface area contributed by atoms with E-state index in [0.717, 1.165) is 13.0 Å². The second-order valence-electron chi connectivity index (χ2n) is 5.37. The summed E-state index contributed by atoms with van der Waals surface area (Å²) in [6.45, 7) is 5.64. The first kappa shape index (κ1) is 11.0. The molecule has 0 aromatic rings. The van der Waals surface area contributed by atoms with E-state index in [4.69, 9.17) is 10.8 Å². The number of hydrogen-bond donors (Lipinski definition) is 2. The molecular formula is C11H23NO. The zero-order valence-electron chi connectivity index (χ0n) is 8.97. The summed E-state index contributed by atoms with van der Waals surface area (Å²) < 4.78 is 0. The van der Waals surface area contributed by atoms with Crippen molar-refractivity contribution < 1.29 is 5.11 Å². The Hall–Kier alpha value is -0.0800. The Morgan fingerprint density at radius 2 is 2.00 bits per heavy atom. The van der Waals surface area contributed by atoms with Gasteiger partial charge in [-0.25, -0.2) is 0 Å². The highest BCUT2D eigenvalue weighted by atomic mass is 16.3. The van der Waals surface area contributed by atoms with Gasteiger partial charge in [-0.05, 0) is 43.1 Å². The van der Waals surface area contributed by atoms with Crippen LogP contribution in [0, 0.1) is 10.8 Å². The first-order valence-corrected chi connectivity index (χ1v) is 5.35. The van der Waals surface area contributed by atoms with Gasteiger partial charge in [0.2, 0.25) is 0 Å². The average Bonchev–Trinajstić information content (AvgIpc) is 2.03. The molecular weight excluding hydrogens is 162 g/mol. The van der Waals surface area contributed by atoms with Crippen molar-refractivity contribution in [2.24, 2.45) is 16.6 Å². The smallest absolute Gasteiger partial charge is 0.0436 e. The molecule has 1 aliphatic rings. The van der Waals surface area contributed by atoms with Crippen molar-refractivity contribution in [1.29, 1.82) is 0 Å². The van der Waals surface area contributed by atoms with Crippen molar-refractivity contribution in [1.82, 2.24) is 0 Å². The third kappa shape index (κ3) is 2.68. The highest BCUT2D eigenvalue weighted by Gasteiger charge is 2.38. The van der Waals surface area contributed by atoms with Gasteiger partial charge in [0, 0.05) is 6.61 Å². The largest absolute Gasteiger partial charge is 0.396 e. The van der Waals surface area contributed by atoms with Crippen LogP contribution >= 0.6 is 0 Å². The molecule has 13 heavy (non-hydrogen) atoms. The molecule has 1 unspecified atom stereocenters. The van der Waals surface area contributed by atoms with Crippen LogP contribution in [0.2, 0.25) is 0 Å². The summed E-state index contributed by atoms with van der Waals surface area (Å²) in [4.78, 5) is 0. The zero-order chi connectivity index (χ0) is 9.95. The second kappa shape index (κ2) is 3.97. The molecule has 2 heteroatoms. The minimum atomic E-state index is 0.233. The summed E-state index contributed by atoms with van der Waals surface area (Å²) >= 11 is 0. The molecule has 0 bridgehead atoms. The SMILES string of the molecule is CC1(C)CCCC(CN)(CCO)C1. The van der Waals surface area contributed by atoms with Crippen LogP contribution in [0.4, 0.5) is 0 Å². The van der Waals surface area contributed by atoms with E-state index in [1.165, 1.54) is 25.7 Å². The van der Waals surface area contributed by atoms with Crippen LogP contribution in [0.3, 0.4) is 0 Å². The van der Waals surface area contributed by atoms with Gasteiger partial charge in [0.1, 0.15) is 0 Å². The summed E-state index contributed by atoms with van der Waals surface area (Å²) in [6.07, 6.45) is 5.84. The van der Waals surface area contributed by atoms with E-state index in [-0.39, 0.29) is 12.0 Å². The van der Waals surface area contributed by atoms with Gasteiger partial charge in [0.15, 0.2) is 0 Å². The molecule has 0 aliphatic heterocycles. The molecule has 0 spiro atoms. The van der Waals surface area contributed by atoms with Gasteiger partial charge < -0.3 is 10.8 Å². The summed E-state index contributed by atoms with van der Waals surface area (Å²) in [6, 6.07) is 0. The normalized spacial score (nSPS) is 33.2. The summed E-state index contributed by atoms with van der Waals surface area (Å²) in [7, 11) is 0. The van der Waals surface area contributed by atoms with Gasteiger partial charge in [0.05, 0.1) is 0 Å². The fraction of sp³-hybridized carbons (Fsp3) is 1.00. The Labute approximate surface area is 81.5 Å². The van der Waals surface area contributed by atoms with E-state index in [9.17, 15) is 0 Å². The number of aliphatic hydroxyl groups is 1. The maximum Gasteiger partial charge on any atom is 0.0436 e. The quantitative estimate of drug-likeness (QED) is 0.705. The molecule has 1 fully saturated rings. The van der Waals surface area contributed by atoms with Crippen molar-refractivity contribution in [3.8, 4) is 0 Å². The maximum atomic E-state index is 9.03. The first-order chi connectivity index (χ1) is 6.04. The molecule has 0 radical (unpaired) electrons. The minimum absolute atomic E-state index is 0.233. The van der Waals surface area contributed by atoms with E-state index in [1.54, 1.807) is 0 Å². The van der Waals surface area contributed by atoms with Crippen LogP contribution in [-0.4, -0.2) is 18.3 Å².